The first-order valence-electron chi connectivity index (χ1n) is 12.3. The third-order valence-corrected chi connectivity index (χ3v) is 5.29. The molecule has 0 radical (unpaired) electrons. The van der Waals surface area contributed by atoms with Crippen molar-refractivity contribution in [2.45, 2.75) is 66.4 Å². The van der Waals surface area contributed by atoms with E-state index < -0.39 is 5.97 Å². The highest BCUT2D eigenvalue weighted by molar-refractivity contribution is 5.71. The lowest BCUT2D eigenvalue weighted by Crippen LogP contribution is -2.14. The van der Waals surface area contributed by atoms with Crippen LogP contribution >= 0.6 is 0 Å². The molecule has 36 heavy (non-hydrogen) atoms. The van der Waals surface area contributed by atoms with Gasteiger partial charge in [0.05, 0.1) is 7.11 Å². The molecule has 0 aliphatic rings. The Labute approximate surface area is 215 Å². The van der Waals surface area contributed by atoms with E-state index in [4.69, 9.17) is 14.6 Å². The Morgan fingerprint density at radius 3 is 2.22 bits per heavy atom. The van der Waals surface area contributed by atoms with Crippen LogP contribution in [0.5, 0.6) is 11.5 Å². The van der Waals surface area contributed by atoms with E-state index in [-0.39, 0.29) is 17.7 Å². The number of rotatable bonds is 8. The predicted octanol–water partition coefficient (Wildman–Crippen LogP) is 8.06. The predicted molar refractivity (Wildman–Crippen MR) is 144 cm³/mol. The highest BCUT2D eigenvalue weighted by Crippen LogP contribution is 2.36. The number of hydrogen-bond acceptors (Lipinski definition) is 3. The molecule has 4 nitrogen and oxygen atoms in total. The molecule has 1 N–H and O–H groups in total. The summed E-state index contributed by atoms with van der Waals surface area (Å²) in [5, 5.41) is 8.88. The largest absolute Gasteiger partial charge is 0.497 e. The second kappa shape index (κ2) is 13.1. The Bertz CT molecular complexity index is 1140. The summed E-state index contributed by atoms with van der Waals surface area (Å²) in [6.45, 7) is 13.1. The molecule has 0 spiro atoms. The molecule has 0 aromatic heterocycles. The molecule has 0 bridgehead atoms. The standard InChI is InChI=1S/C27H29FO4.C4H10/c1-27(2,3)24-15-19(8-11-22(24)23-16-20(31-4)10-12-25(23)28)17-32-21-7-5-6-18(14-21)9-13-26(29)30;1-4(2)3/h5-8,10-12,14-16H,9,13,17H2,1-4H3,(H,29,30);4H,1-3H3. The van der Waals surface area contributed by atoms with Crippen molar-refractivity contribution in [1.29, 1.82) is 0 Å². The van der Waals surface area contributed by atoms with E-state index in [9.17, 15) is 9.18 Å². The number of methoxy groups -OCH3 is 1. The highest BCUT2D eigenvalue weighted by atomic mass is 19.1. The first-order valence-corrected chi connectivity index (χ1v) is 12.3. The first kappa shape index (κ1) is 28.9. The van der Waals surface area contributed by atoms with Crippen LogP contribution in [0.1, 0.15) is 64.7 Å². The average molecular weight is 495 g/mol. The van der Waals surface area contributed by atoms with Crippen LogP contribution in [0.3, 0.4) is 0 Å². The first-order chi connectivity index (χ1) is 16.9. The molecule has 0 aliphatic carbocycles. The van der Waals surface area contributed by atoms with Gasteiger partial charge in [0.25, 0.3) is 0 Å². The minimum Gasteiger partial charge on any atom is -0.497 e. The SMILES string of the molecule is CC(C)C.COc1ccc(F)c(-c2ccc(COc3cccc(CCC(=O)O)c3)cc2C(C)(C)C)c1. The zero-order chi connectivity index (χ0) is 26.9. The van der Waals surface area contributed by atoms with Crippen molar-refractivity contribution in [3.8, 4) is 22.6 Å². The van der Waals surface area contributed by atoms with E-state index in [0.717, 1.165) is 28.2 Å². The number of aryl methyl sites for hydroxylation is 1. The van der Waals surface area contributed by atoms with Gasteiger partial charge < -0.3 is 14.6 Å². The molecule has 3 rings (SSSR count). The van der Waals surface area contributed by atoms with Crippen LogP contribution in [0.4, 0.5) is 4.39 Å². The van der Waals surface area contributed by atoms with Crippen LogP contribution in [0.2, 0.25) is 0 Å². The van der Waals surface area contributed by atoms with Gasteiger partial charge in [-0.3, -0.25) is 4.79 Å². The molecule has 0 fully saturated rings. The second-order valence-electron chi connectivity index (χ2n) is 10.5. The maximum atomic E-state index is 14.7. The van der Waals surface area contributed by atoms with Crippen molar-refractivity contribution in [2.24, 2.45) is 5.92 Å². The summed E-state index contributed by atoms with van der Waals surface area (Å²) in [4.78, 5) is 10.8. The molecule has 0 atom stereocenters. The van der Waals surface area contributed by atoms with Gasteiger partial charge in [-0.2, -0.15) is 0 Å². The van der Waals surface area contributed by atoms with E-state index in [0.29, 0.717) is 30.1 Å². The number of carbonyl (C=O) groups is 1. The van der Waals surface area contributed by atoms with Crippen LogP contribution in [-0.4, -0.2) is 18.2 Å². The Morgan fingerprint density at radius 2 is 1.61 bits per heavy atom. The monoisotopic (exact) mass is 494 g/mol. The number of hydrogen-bond donors (Lipinski definition) is 1. The van der Waals surface area contributed by atoms with Gasteiger partial charge in [-0.25, -0.2) is 4.39 Å². The van der Waals surface area contributed by atoms with Crippen molar-refractivity contribution < 1.29 is 23.8 Å². The fourth-order valence-corrected chi connectivity index (χ4v) is 3.58. The Hall–Kier alpha value is -3.34. The molecule has 5 heteroatoms. The van der Waals surface area contributed by atoms with Crippen LogP contribution in [0.25, 0.3) is 11.1 Å². The lowest BCUT2D eigenvalue weighted by molar-refractivity contribution is -0.136. The van der Waals surface area contributed by atoms with Crippen molar-refractivity contribution in [1.82, 2.24) is 0 Å². The topological polar surface area (TPSA) is 55.8 Å². The summed E-state index contributed by atoms with van der Waals surface area (Å²) in [5.41, 5.74) is 4.03. The lowest BCUT2D eigenvalue weighted by atomic mass is 9.81. The molecule has 0 unspecified atom stereocenters. The van der Waals surface area contributed by atoms with E-state index >= 15 is 0 Å². The van der Waals surface area contributed by atoms with Crippen LogP contribution in [0.15, 0.2) is 60.7 Å². The lowest BCUT2D eigenvalue weighted by Gasteiger charge is -2.24. The van der Waals surface area contributed by atoms with Gasteiger partial charge in [-0.1, -0.05) is 71.9 Å². The summed E-state index contributed by atoms with van der Waals surface area (Å²) < 4.78 is 25.9. The van der Waals surface area contributed by atoms with Crippen molar-refractivity contribution >= 4 is 5.97 Å². The van der Waals surface area contributed by atoms with Crippen LogP contribution < -0.4 is 9.47 Å². The van der Waals surface area contributed by atoms with Gasteiger partial charge in [0.2, 0.25) is 0 Å². The Balaban J connectivity index is 0.00000106. The third kappa shape index (κ3) is 9.03. The molecule has 0 saturated carbocycles. The van der Waals surface area contributed by atoms with Crippen LogP contribution in [0, 0.1) is 11.7 Å². The normalized spacial score (nSPS) is 11.0. The number of aliphatic carboxylic acids is 1. The van der Waals surface area contributed by atoms with E-state index in [1.807, 2.05) is 36.4 Å². The van der Waals surface area contributed by atoms with E-state index in [1.165, 1.54) is 6.07 Å². The van der Waals surface area contributed by atoms with E-state index in [2.05, 4.69) is 47.6 Å². The van der Waals surface area contributed by atoms with Gasteiger partial charge in [0, 0.05) is 12.0 Å². The van der Waals surface area contributed by atoms with Gasteiger partial charge >= 0.3 is 5.97 Å². The van der Waals surface area contributed by atoms with Gasteiger partial charge in [-0.05, 0) is 70.3 Å². The maximum absolute atomic E-state index is 14.7. The number of carboxylic acids is 1. The summed E-state index contributed by atoms with van der Waals surface area (Å²) in [5.74, 6) is 1.02. The quantitative estimate of drug-likeness (QED) is 0.344. The zero-order valence-corrected chi connectivity index (χ0v) is 22.5. The average Bonchev–Trinajstić information content (AvgIpc) is 2.81. The summed E-state index contributed by atoms with van der Waals surface area (Å²) >= 11 is 0. The van der Waals surface area contributed by atoms with Crippen molar-refractivity contribution in [2.75, 3.05) is 7.11 Å². The van der Waals surface area contributed by atoms with Crippen molar-refractivity contribution in [3.63, 3.8) is 0 Å². The Kier molecular flexibility index (Phi) is 10.5. The van der Waals surface area contributed by atoms with Gasteiger partial charge in [0.1, 0.15) is 23.9 Å². The molecule has 0 amide bonds. The maximum Gasteiger partial charge on any atom is 0.303 e. The van der Waals surface area contributed by atoms with Gasteiger partial charge in [-0.15, -0.1) is 0 Å². The van der Waals surface area contributed by atoms with E-state index in [1.54, 1.807) is 19.2 Å². The fourth-order valence-electron chi connectivity index (χ4n) is 3.58. The minimum atomic E-state index is -0.821. The smallest absolute Gasteiger partial charge is 0.303 e. The Morgan fingerprint density at radius 1 is 0.917 bits per heavy atom. The number of halogens is 1. The molecule has 194 valence electrons. The minimum absolute atomic E-state index is 0.0840. The second-order valence-corrected chi connectivity index (χ2v) is 10.5. The highest BCUT2D eigenvalue weighted by Gasteiger charge is 2.21. The molecule has 0 aliphatic heterocycles. The van der Waals surface area contributed by atoms with Crippen LogP contribution in [-0.2, 0) is 23.2 Å². The zero-order valence-electron chi connectivity index (χ0n) is 22.5. The fraction of sp³-hybridized carbons (Fsp3) is 0.387. The number of carboxylic acid groups (broad SMARTS) is 1. The molecule has 0 heterocycles. The summed E-state index contributed by atoms with van der Waals surface area (Å²) in [7, 11) is 1.57. The third-order valence-electron chi connectivity index (χ3n) is 5.29. The van der Waals surface area contributed by atoms with Gasteiger partial charge in [0.15, 0.2) is 0 Å². The molecule has 3 aromatic rings. The molecular weight excluding hydrogens is 455 g/mol. The number of benzene rings is 3. The number of ether oxygens (including phenoxy) is 2. The molecule has 0 saturated heterocycles. The molecular formula is C31H39FO4. The molecule has 3 aromatic carbocycles. The summed E-state index contributed by atoms with van der Waals surface area (Å²) in [6, 6.07) is 18.2. The summed E-state index contributed by atoms with van der Waals surface area (Å²) in [6.07, 6.45) is 0.544. The van der Waals surface area contributed by atoms with Crippen molar-refractivity contribution in [3.05, 3.63) is 83.2 Å².